The third-order valence-corrected chi connectivity index (χ3v) is 4.16. The molecule has 2 amide bonds. The van der Waals surface area contributed by atoms with Gasteiger partial charge in [-0.3, -0.25) is 9.59 Å². The van der Waals surface area contributed by atoms with Gasteiger partial charge in [-0.2, -0.15) is 0 Å². The number of carbonyl (C=O) groups is 2. The van der Waals surface area contributed by atoms with E-state index in [1.54, 1.807) is 24.3 Å². The van der Waals surface area contributed by atoms with Crippen LogP contribution in [0.5, 0.6) is 5.75 Å². The minimum Gasteiger partial charge on any atom is -0.506 e. The molecule has 0 spiro atoms. The molecule has 1 saturated heterocycles. The monoisotopic (exact) mass is 324 g/mol. The molecular formula is C19H20N2O3. The summed E-state index contributed by atoms with van der Waals surface area (Å²) >= 11 is 0. The Morgan fingerprint density at radius 2 is 1.96 bits per heavy atom. The maximum Gasteiger partial charge on any atom is 0.255 e. The highest BCUT2D eigenvalue weighted by molar-refractivity contribution is 6.05. The quantitative estimate of drug-likeness (QED) is 0.849. The first-order chi connectivity index (χ1) is 11.5. The van der Waals surface area contributed by atoms with Crippen LogP contribution in [0.1, 0.15) is 34.3 Å². The fourth-order valence-electron chi connectivity index (χ4n) is 2.79. The number of anilines is 1. The average Bonchev–Trinajstić information content (AvgIpc) is 2.96. The molecule has 0 aromatic heterocycles. The number of likely N-dealkylation sites (tertiary alicyclic amines) is 1. The Balaban J connectivity index is 1.66. The molecule has 1 aliphatic rings. The summed E-state index contributed by atoms with van der Waals surface area (Å²) in [6, 6.07) is 12.3. The van der Waals surface area contributed by atoms with Crippen molar-refractivity contribution >= 4 is 17.5 Å². The Hall–Kier alpha value is -2.82. The molecule has 1 heterocycles. The van der Waals surface area contributed by atoms with E-state index < -0.39 is 0 Å². The largest absolute Gasteiger partial charge is 0.506 e. The van der Waals surface area contributed by atoms with E-state index in [1.165, 1.54) is 0 Å². The Morgan fingerprint density at radius 1 is 1.21 bits per heavy atom. The molecule has 0 bridgehead atoms. The van der Waals surface area contributed by atoms with Crippen LogP contribution >= 0.6 is 0 Å². The second kappa shape index (κ2) is 6.74. The number of phenols is 1. The van der Waals surface area contributed by atoms with Crippen LogP contribution in [-0.4, -0.2) is 28.4 Å². The van der Waals surface area contributed by atoms with E-state index in [9.17, 15) is 14.7 Å². The van der Waals surface area contributed by atoms with E-state index in [-0.39, 0.29) is 17.6 Å². The van der Waals surface area contributed by atoms with Gasteiger partial charge in [0.2, 0.25) is 5.91 Å². The van der Waals surface area contributed by atoms with Gasteiger partial charge in [0.1, 0.15) is 5.75 Å². The highest BCUT2D eigenvalue weighted by Gasteiger charge is 2.20. The Kier molecular flexibility index (Phi) is 4.51. The van der Waals surface area contributed by atoms with Crippen molar-refractivity contribution in [3.05, 3.63) is 59.2 Å². The summed E-state index contributed by atoms with van der Waals surface area (Å²) in [4.78, 5) is 25.8. The van der Waals surface area contributed by atoms with Gasteiger partial charge >= 0.3 is 0 Å². The van der Waals surface area contributed by atoms with Crippen LogP contribution in [0, 0.1) is 6.92 Å². The third-order valence-electron chi connectivity index (χ3n) is 4.16. The molecule has 2 N–H and O–H groups in total. The number of hydrogen-bond donors (Lipinski definition) is 2. The van der Waals surface area contributed by atoms with Crippen LogP contribution in [0.2, 0.25) is 0 Å². The van der Waals surface area contributed by atoms with E-state index in [4.69, 9.17) is 0 Å². The lowest BCUT2D eigenvalue weighted by Gasteiger charge is -2.15. The first-order valence-corrected chi connectivity index (χ1v) is 8.00. The Morgan fingerprint density at radius 3 is 2.58 bits per heavy atom. The van der Waals surface area contributed by atoms with Gasteiger partial charge in [0, 0.05) is 25.1 Å². The molecule has 0 unspecified atom stereocenters. The van der Waals surface area contributed by atoms with Crippen LogP contribution < -0.4 is 5.32 Å². The highest BCUT2D eigenvalue weighted by atomic mass is 16.3. The number of carbonyl (C=O) groups excluding carboxylic acids is 2. The normalized spacial score (nSPS) is 14.0. The first kappa shape index (κ1) is 16.1. The summed E-state index contributed by atoms with van der Waals surface area (Å²) in [6.07, 6.45) is 1.54. The average molecular weight is 324 g/mol. The lowest BCUT2D eigenvalue weighted by molar-refractivity contribution is -0.128. The van der Waals surface area contributed by atoms with Crippen molar-refractivity contribution in [3.8, 4) is 5.75 Å². The van der Waals surface area contributed by atoms with Crippen molar-refractivity contribution in [1.82, 2.24) is 4.90 Å². The van der Waals surface area contributed by atoms with Crippen molar-refractivity contribution in [2.45, 2.75) is 26.3 Å². The van der Waals surface area contributed by atoms with E-state index in [1.807, 2.05) is 30.0 Å². The smallest absolute Gasteiger partial charge is 0.255 e. The number of benzene rings is 2. The van der Waals surface area contributed by atoms with Crippen molar-refractivity contribution in [2.75, 3.05) is 11.9 Å². The minimum absolute atomic E-state index is 0.0486. The van der Waals surface area contributed by atoms with Gasteiger partial charge in [0.15, 0.2) is 0 Å². The molecule has 2 aromatic rings. The zero-order chi connectivity index (χ0) is 17.1. The lowest BCUT2D eigenvalue weighted by Crippen LogP contribution is -2.23. The van der Waals surface area contributed by atoms with Gasteiger partial charge in [0.25, 0.3) is 5.91 Å². The first-order valence-electron chi connectivity index (χ1n) is 8.00. The minimum atomic E-state index is -0.280. The number of amides is 2. The summed E-state index contributed by atoms with van der Waals surface area (Å²) < 4.78 is 0. The van der Waals surface area contributed by atoms with Gasteiger partial charge in [-0.05, 0) is 48.7 Å². The second-order valence-electron chi connectivity index (χ2n) is 6.09. The highest BCUT2D eigenvalue weighted by Crippen LogP contribution is 2.24. The molecule has 5 nitrogen and oxygen atoms in total. The molecule has 0 aliphatic carbocycles. The molecule has 0 atom stereocenters. The van der Waals surface area contributed by atoms with Crippen LogP contribution in [0.15, 0.2) is 42.5 Å². The van der Waals surface area contributed by atoms with Crippen LogP contribution in [-0.2, 0) is 11.3 Å². The Bertz CT molecular complexity index is 769. The van der Waals surface area contributed by atoms with Gasteiger partial charge in [-0.15, -0.1) is 0 Å². The number of aromatic hydroxyl groups is 1. The number of rotatable bonds is 4. The van der Waals surface area contributed by atoms with Gasteiger partial charge < -0.3 is 15.3 Å². The molecule has 5 heteroatoms. The van der Waals surface area contributed by atoms with Crippen molar-refractivity contribution in [3.63, 3.8) is 0 Å². The fourth-order valence-corrected chi connectivity index (χ4v) is 2.79. The van der Waals surface area contributed by atoms with Crippen LogP contribution in [0.25, 0.3) is 0 Å². The second-order valence-corrected chi connectivity index (χ2v) is 6.09. The van der Waals surface area contributed by atoms with E-state index in [0.717, 1.165) is 24.1 Å². The van der Waals surface area contributed by atoms with Gasteiger partial charge in [0.05, 0.1) is 5.69 Å². The maximum atomic E-state index is 12.3. The molecule has 124 valence electrons. The number of aryl methyl sites for hydroxylation is 1. The molecule has 2 aromatic carbocycles. The van der Waals surface area contributed by atoms with E-state index in [2.05, 4.69) is 5.32 Å². The SMILES string of the molecule is Cc1ccc(NC(=O)c2ccc(CN3CCCC3=O)cc2)c(O)c1. The zero-order valence-electron chi connectivity index (χ0n) is 13.6. The van der Waals surface area contributed by atoms with Crippen molar-refractivity contribution in [2.24, 2.45) is 0 Å². The maximum absolute atomic E-state index is 12.3. The molecular weight excluding hydrogens is 304 g/mol. The molecule has 1 fully saturated rings. The van der Waals surface area contributed by atoms with Crippen molar-refractivity contribution < 1.29 is 14.7 Å². The molecule has 0 saturated carbocycles. The van der Waals surface area contributed by atoms with Crippen LogP contribution in [0.4, 0.5) is 5.69 Å². The standard InChI is InChI=1S/C19H20N2O3/c1-13-4-9-16(17(22)11-13)20-19(24)15-7-5-14(6-8-15)12-21-10-2-3-18(21)23/h4-9,11,22H,2-3,10,12H2,1H3,(H,20,24). The molecule has 0 radical (unpaired) electrons. The summed E-state index contributed by atoms with van der Waals surface area (Å²) in [5.41, 5.74) is 2.81. The van der Waals surface area contributed by atoms with Gasteiger partial charge in [-0.25, -0.2) is 0 Å². The van der Waals surface area contributed by atoms with Crippen molar-refractivity contribution in [1.29, 1.82) is 0 Å². The zero-order valence-corrected chi connectivity index (χ0v) is 13.6. The molecule has 24 heavy (non-hydrogen) atoms. The molecule has 1 aliphatic heterocycles. The molecule has 3 rings (SSSR count). The summed E-state index contributed by atoms with van der Waals surface area (Å²) in [6.45, 7) is 3.25. The topological polar surface area (TPSA) is 69.6 Å². The summed E-state index contributed by atoms with van der Waals surface area (Å²) in [7, 11) is 0. The Labute approximate surface area is 140 Å². The van der Waals surface area contributed by atoms with Crippen LogP contribution in [0.3, 0.4) is 0 Å². The number of nitrogens with zero attached hydrogens (tertiary/aromatic N) is 1. The number of phenolic OH excluding ortho intramolecular Hbond substituents is 1. The number of nitrogens with one attached hydrogen (secondary N) is 1. The predicted octanol–water partition coefficient (Wildman–Crippen LogP) is 3.08. The lowest BCUT2D eigenvalue weighted by atomic mass is 10.1. The predicted molar refractivity (Wildman–Crippen MR) is 91.9 cm³/mol. The summed E-state index contributed by atoms with van der Waals surface area (Å²) in [5.74, 6) is -0.0443. The number of hydrogen-bond acceptors (Lipinski definition) is 3. The third kappa shape index (κ3) is 3.56. The van der Waals surface area contributed by atoms with Gasteiger partial charge in [-0.1, -0.05) is 18.2 Å². The fraction of sp³-hybridized carbons (Fsp3) is 0.263. The van der Waals surface area contributed by atoms with E-state index in [0.29, 0.717) is 24.2 Å². The van der Waals surface area contributed by atoms with E-state index >= 15 is 0 Å². The summed E-state index contributed by atoms with van der Waals surface area (Å²) in [5, 5.41) is 12.6.